The molecule has 1 aliphatic rings. The molecule has 2 heterocycles. The molecule has 2 rings (SSSR count). The van der Waals surface area contributed by atoms with E-state index in [2.05, 4.69) is 50.0 Å². The molecular weight excluding hydrogens is 258 g/mol. The van der Waals surface area contributed by atoms with Crippen LogP contribution in [-0.2, 0) is 6.54 Å². The number of nitrogens with zero attached hydrogens (tertiary/aromatic N) is 2. The Labute approximate surface area is 130 Å². The molecule has 0 aliphatic carbocycles. The van der Waals surface area contributed by atoms with Gasteiger partial charge < -0.3 is 10.2 Å². The number of anilines is 1. The second-order valence-corrected chi connectivity index (χ2v) is 6.45. The summed E-state index contributed by atoms with van der Waals surface area (Å²) < 4.78 is 0. The van der Waals surface area contributed by atoms with Gasteiger partial charge in [0.2, 0.25) is 0 Å². The van der Waals surface area contributed by atoms with Gasteiger partial charge in [-0.25, -0.2) is 4.98 Å². The van der Waals surface area contributed by atoms with Crippen LogP contribution in [0.25, 0.3) is 0 Å². The van der Waals surface area contributed by atoms with Gasteiger partial charge in [-0.05, 0) is 49.4 Å². The second kappa shape index (κ2) is 7.26. The van der Waals surface area contributed by atoms with Crippen LogP contribution in [0, 0.1) is 12.3 Å². The minimum absolute atomic E-state index is 0.576. The third-order valence-corrected chi connectivity index (χ3v) is 5.23. The van der Waals surface area contributed by atoms with E-state index in [0.29, 0.717) is 5.41 Å². The number of hydrogen-bond acceptors (Lipinski definition) is 3. The number of nitrogens with one attached hydrogen (secondary N) is 1. The van der Waals surface area contributed by atoms with Crippen molar-refractivity contribution in [2.24, 2.45) is 5.41 Å². The molecule has 0 radical (unpaired) electrons. The van der Waals surface area contributed by atoms with Gasteiger partial charge in [-0.2, -0.15) is 0 Å². The van der Waals surface area contributed by atoms with Gasteiger partial charge in [0.05, 0.1) is 0 Å². The molecule has 1 aromatic heterocycles. The van der Waals surface area contributed by atoms with Crippen LogP contribution in [-0.4, -0.2) is 24.6 Å². The number of piperidine rings is 1. The largest absolute Gasteiger partial charge is 0.357 e. The van der Waals surface area contributed by atoms with E-state index in [1.165, 1.54) is 37.1 Å². The van der Waals surface area contributed by atoms with Crippen LogP contribution in [0.2, 0.25) is 0 Å². The highest BCUT2D eigenvalue weighted by atomic mass is 15.2. The molecule has 3 heteroatoms. The van der Waals surface area contributed by atoms with Gasteiger partial charge in [0, 0.05) is 25.3 Å². The van der Waals surface area contributed by atoms with Crippen molar-refractivity contribution in [2.45, 2.75) is 59.9 Å². The number of pyridine rings is 1. The lowest BCUT2D eigenvalue weighted by atomic mass is 9.74. The molecule has 0 unspecified atom stereocenters. The standard InChI is InChI=1S/C18H31N3/c1-5-18(6-2)8-10-21(11-9-18)17-13-16(14-19-7-3)12-15(4)20-17/h12-13,19H,5-11,14H2,1-4H3. The van der Waals surface area contributed by atoms with Gasteiger partial charge in [0.15, 0.2) is 0 Å². The molecule has 0 saturated carbocycles. The third kappa shape index (κ3) is 3.97. The summed E-state index contributed by atoms with van der Waals surface area (Å²) in [6.07, 6.45) is 5.23. The summed E-state index contributed by atoms with van der Waals surface area (Å²) in [6, 6.07) is 4.46. The summed E-state index contributed by atoms with van der Waals surface area (Å²) in [5, 5.41) is 3.41. The molecule has 0 amide bonds. The first-order valence-electron chi connectivity index (χ1n) is 8.55. The maximum absolute atomic E-state index is 4.76. The van der Waals surface area contributed by atoms with E-state index in [1.54, 1.807) is 0 Å². The van der Waals surface area contributed by atoms with Crippen LogP contribution in [0.5, 0.6) is 0 Å². The number of hydrogen-bond donors (Lipinski definition) is 1. The highest BCUT2D eigenvalue weighted by Gasteiger charge is 2.31. The van der Waals surface area contributed by atoms with Gasteiger partial charge in [-0.3, -0.25) is 0 Å². The minimum Gasteiger partial charge on any atom is -0.357 e. The Morgan fingerprint density at radius 3 is 2.38 bits per heavy atom. The van der Waals surface area contributed by atoms with Crippen LogP contribution in [0.15, 0.2) is 12.1 Å². The Morgan fingerprint density at radius 1 is 1.14 bits per heavy atom. The quantitative estimate of drug-likeness (QED) is 0.860. The first-order chi connectivity index (χ1) is 10.1. The van der Waals surface area contributed by atoms with Crippen LogP contribution in [0.1, 0.15) is 57.7 Å². The normalized spacial score (nSPS) is 18.0. The molecule has 1 N–H and O–H groups in total. The smallest absolute Gasteiger partial charge is 0.129 e. The van der Waals surface area contributed by atoms with Crippen LogP contribution in [0.4, 0.5) is 5.82 Å². The predicted molar refractivity (Wildman–Crippen MR) is 90.8 cm³/mol. The zero-order valence-corrected chi connectivity index (χ0v) is 14.2. The molecule has 1 aliphatic heterocycles. The molecule has 1 saturated heterocycles. The Hall–Kier alpha value is -1.09. The Bertz CT molecular complexity index is 442. The predicted octanol–water partition coefficient (Wildman–Crippen LogP) is 3.91. The summed E-state index contributed by atoms with van der Waals surface area (Å²) in [5.41, 5.74) is 3.05. The Kier molecular flexibility index (Phi) is 5.63. The highest BCUT2D eigenvalue weighted by molar-refractivity contribution is 5.43. The molecule has 0 bridgehead atoms. The topological polar surface area (TPSA) is 28.2 Å². The molecule has 0 atom stereocenters. The molecule has 0 aromatic carbocycles. The molecule has 118 valence electrons. The molecule has 1 aromatic rings. The summed E-state index contributed by atoms with van der Waals surface area (Å²) in [4.78, 5) is 7.24. The fraction of sp³-hybridized carbons (Fsp3) is 0.722. The van der Waals surface area contributed by atoms with Gasteiger partial charge in [-0.15, -0.1) is 0 Å². The van der Waals surface area contributed by atoms with E-state index >= 15 is 0 Å². The van der Waals surface area contributed by atoms with Crippen molar-refractivity contribution in [3.8, 4) is 0 Å². The first kappa shape index (κ1) is 16.3. The van der Waals surface area contributed by atoms with Gasteiger partial charge >= 0.3 is 0 Å². The van der Waals surface area contributed by atoms with Crippen molar-refractivity contribution < 1.29 is 0 Å². The Morgan fingerprint density at radius 2 is 1.81 bits per heavy atom. The van der Waals surface area contributed by atoms with Crippen LogP contribution in [0.3, 0.4) is 0 Å². The van der Waals surface area contributed by atoms with Crippen molar-refractivity contribution in [2.75, 3.05) is 24.5 Å². The lowest BCUT2D eigenvalue weighted by molar-refractivity contribution is 0.199. The van der Waals surface area contributed by atoms with Crippen molar-refractivity contribution in [3.05, 3.63) is 23.4 Å². The SMILES string of the molecule is CCNCc1cc(C)nc(N2CCC(CC)(CC)CC2)c1. The fourth-order valence-corrected chi connectivity index (χ4v) is 3.42. The van der Waals surface area contributed by atoms with Crippen LogP contribution < -0.4 is 10.2 Å². The second-order valence-electron chi connectivity index (χ2n) is 6.45. The molecular formula is C18H31N3. The monoisotopic (exact) mass is 289 g/mol. The zero-order chi connectivity index (χ0) is 15.3. The van der Waals surface area contributed by atoms with Gasteiger partial charge in [0.25, 0.3) is 0 Å². The molecule has 21 heavy (non-hydrogen) atoms. The van der Waals surface area contributed by atoms with E-state index < -0.39 is 0 Å². The fourth-order valence-electron chi connectivity index (χ4n) is 3.42. The number of rotatable bonds is 6. The van der Waals surface area contributed by atoms with E-state index in [-0.39, 0.29) is 0 Å². The summed E-state index contributed by atoms with van der Waals surface area (Å²) in [6.45, 7) is 13.2. The van der Waals surface area contributed by atoms with Crippen molar-refractivity contribution in [1.29, 1.82) is 0 Å². The van der Waals surface area contributed by atoms with E-state index in [1.807, 2.05) is 0 Å². The average Bonchev–Trinajstić information content (AvgIpc) is 2.52. The third-order valence-electron chi connectivity index (χ3n) is 5.23. The minimum atomic E-state index is 0.576. The lowest BCUT2D eigenvalue weighted by Crippen LogP contribution is -2.40. The number of aryl methyl sites for hydroxylation is 1. The van der Waals surface area contributed by atoms with Gasteiger partial charge in [0.1, 0.15) is 5.82 Å². The molecule has 1 fully saturated rings. The van der Waals surface area contributed by atoms with Crippen molar-refractivity contribution >= 4 is 5.82 Å². The van der Waals surface area contributed by atoms with E-state index in [4.69, 9.17) is 4.98 Å². The van der Waals surface area contributed by atoms with Crippen molar-refractivity contribution in [3.63, 3.8) is 0 Å². The summed E-state index contributed by atoms with van der Waals surface area (Å²) in [5.74, 6) is 1.17. The average molecular weight is 289 g/mol. The van der Waals surface area contributed by atoms with Crippen LogP contribution >= 0.6 is 0 Å². The van der Waals surface area contributed by atoms with Crippen molar-refractivity contribution in [1.82, 2.24) is 10.3 Å². The summed E-state index contributed by atoms with van der Waals surface area (Å²) >= 11 is 0. The summed E-state index contributed by atoms with van der Waals surface area (Å²) in [7, 11) is 0. The maximum Gasteiger partial charge on any atom is 0.129 e. The highest BCUT2D eigenvalue weighted by Crippen LogP contribution is 2.38. The van der Waals surface area contributed by atoms with E-state index in [9.17, 15) is 0 Å². The first-order valence-corrected chi connectivity index (χ1v) is 8.55. The zero-order valence-electron chi connectivity index (χ0n) is 14.2. The number of aromatic nitrogens is 1. The Balaban J connectivity index is 2.07. The molecule has 3 nitrogen and oxygen atoms in total. The van der Waals surface area contributed by atoms with E-state index in [0.717, 1.165) is 31.9 Å². The maximum atomic E-state index is 4.76. The molecule has 0 spiro atoms. The van der Waals surface area contributed by atoms with Gasteiger partial charge in [-0.1, -0.05) is 33.6 Å². The lowest BCUT2D eigenvalue weighted by Gasteiger charge is -2.41.